The molecule has 0 radical (unpaired) electrons. The highest BCUT2D eigenvalue weighted by atomic mass is 79.9. The lowest BCUT2D eigenvalue weighted by atomic mass is 10.1. The van der Waals surface area contributed by atoms with E-state index in [-0.39, 0.29) is 6.04 Å². The number of halogens is 1. The third-order valence-corrected chi connectivity index (χ3v) is 5.01. The molecule has 0 heterocycles. The Bertz CT molecular complexity index is 705. The quantitative estimate of drug-likeness (QED) is 0.839. The van der Waals surface area contributed by atoms with Gasteiger partial charge in [0.25, 0.3) is 0 Å². The van der Waals surface area contributed by atoms with Gasteiger partial charge in [0.2, 0.25) is 0 Å². The van der Waals surface area contributed by atoms with E-state index < -0.39 is 6.10 Å². The Morgan fingerprint density at radius 3 is 2.61 bits per heavy atom. The van der Waals surface area contributed by atoms with Gasteiger partial charge in [0.15, 0.2) is 11.5 Å². The summed E-state index contributed by atoms with van der Waals surface area (Å²) in [6.07, 6.45) is 0.298. The Hall–Kier alpha value is -1.56. The molecular weight excluding hydrogens is 358 g/mol. The number of aliphatic hydroxyl groups excluding tert-OH is 1. The van der Waals surface area contributed by atoms with Crippen molar-refractivity contribution < 1.29 is 14.6 Å². The average molecular weight is 378 g/mol. The molecule has 3 rings (SSSR count). The third-order valence-electron chi connectivity index (χ3n) is 4.27. The standard InChI is InChI=1S/C18H20BrNO3/c1-22-16-8-12(14(19)9-17(16)23-2)10-20-18-13-6-4-3-5-11(13)7-15(18)21/h3-6,8-9,15,18,20-21H,7,10H2,1-2H3/t15-,18+/m0/s1. The average Bonchev–Trinajstić information content (AvgIpc) is 2.88. The summed E-state index contributed by atoms with van der Waals surface area (Å²) in [4.78, 5) is 0. The molecule has 0 aliphatic heterocycles. The summed E-state index contributed by atoms with van der Waals surface area (Å²) in [6, 6.07) is 12.0. The molecule has 2 N–H and O–H groups in total. The minimum absolute atomic E-state index is 0.0498. The highest BCUT2D eigenvalue weighted by Crippen LogP contribution is 2.35. The van der Waals surface area contributed by atoms with Crippen LogP contribution in [0.4, 0.5) is 0 Å². The van der Waals surface area contributed by atoms with E-state index >= 15 is 0 Å². The smallest absolute Gasteiger partial charge is 0.161 e. The second-order valence-electron chi connectivity index (χ2n) is 5.63. The fourth-order valence-corrected chi connectivity index (χ4v) is 3.53. The lowest BCUT2D eigenvalue weighted by molar-refractivity contribution is 0.140. The molecule has 0 bridgehead atoms. The Morgan fingerprint density at radius 1 is 1.17 bits per heavy atom. The molecule has 0 amide bonds. The summed E-state index contributed by atoms with van der Waals surface area (Å²) in [7, 11) is 3.24. The molecule has 2 aromatic carbocycles. The van der Waals surface area contributed by atoms with Gasteiger partial charge in [-0.25, -0.2) is 0 Å². The van der Waals surface area contributed by atoms with Crippen LogP contribution < -0.4 is 14.8 Å². The zero-order chi connectivity index (χ0) is 16.4. The van der Waals surface area contributed by atoms with Crippen molar-refractivity contribution >= 4 is 15.9 Å². The van der Waals surface area contributed by atoms with Gasteiger partial charge in [-0.1, -0.05) is 40.2 Å². The van der Waals surface area contributed by atoms with Gasteiger partial charge < -0.3 is 19.9 Å². The van der Waals surface area contributed by atoms with Crippen molar-refractivity contribution in [2.75, 3.05) is 14.2 Å². The van der Waals surface area contributed by atoms with E-state index in [9.17, 15) is 5.11 Å². The van der Waals surface area contributed by atoms with Crippen molar-refractivity contribution in [2.45, 2.75) is 25.1 Å². The van der Waals surface area contributed by atoms with Gasteiger partial charge in [0.05, 0.1) is 26.4 Å². The summed E-state index contributed by atoms with van der Waals surface area (Å²) in [5.74, 6) is 1.38. The van der Waals surface area contributed by atoms with Crippen LogP contribution in [-0.4, -0.2) is 25.4 Å². The molecule has 5 heteroatoms. The lowest BCUT2D eigenvalue weighted by Crippen LogP contribution is -2.28. The number of rotatable bonds is 5. The molecular formula is C18H20BrNO3. The first-order valence-corrected chi connectivity index (χ1v) is 8.33. The minimum Gasteiger partial charge on any atom is -0.493 e. The first-order valence-electron chi connectivity index (χ1n) is 7.53. The highest BCUT2D eigenvalue weighted by Gasteiger charge is 2.30. The maximum atomic E-state index is 10.3. The summed E-state index contributed by atoms with van der Waals surface area (Å²) < 4.78 is 11.6. The van der Waals surface area contributed by atoms with Crippen molar-refractivity contribution in [3.05, 3.63) is 57.6 Å². The van der Waals surface area contributed by atoms with Crippen molar-refractivity contribution in [1.82, 2.24) is 5.32 Å². The lowest BCUT2D eigenvalue weighted by Gasteiger charge is -2.19. The Balaban J connectivity index is 1.79. The maximum absolute atomic E-state index is 10.3. The number of methoxy groups -OCH3 is 2. The van der Waals surface area contributed by atoms with Gasteiger partial charge in [-0.05, 0) is 28.8 Å². The van der Waals surface area contributed by atoms with Crippen LogP contribution in [0.15, 0.2) is 40.9 Å². The van der Waals surface area contributed by atoms with Gasteiger partial charge in [0, 0.05) is 17.4 Å². The molecule has 1 aliphatic carbocycles. The van der Waals surface area contributed by atoms with Crippen molar-refractivity contribution in [3.8, 4) is 11.5 Å². The minimum atomic E-state index is -0.397. The number of hydrogen-bond donors (Lipinski definition) is 2. The van der Waals surface area contributed by atoms with Gasteiger partial charge in [-0.15, -0.1) is 0 Å². The van der Waals surface area contributed by atoms with Crippen LogP contribution >= 0.6 is 15.9 Å². The van der Waals surface area contributed by atoms with Gasteiger partial charge in [-0.2, -0.15) is 0 Å². The topological polar surface area (TPSA) is 50.7 Å². The molecule has 4 nitrogen and oxygen atoms in total. The number of nitrogens with one attached hydrogen (secondary N) is 1. The predicted octanol–water partition coefficient (Wildman–Crippen LogP) is 3.21. The van der Waals surface area contributed by atoms with Crippen LogP contribution in [0, 0.1) is 0 Å². The molecule has 0 saturated heterocycles. The molecule has 2 atom stereocenters. The van der Waals surface area contributed by atoms with Gasteiger partial charge in [-0.3, -0.25) is 0 Å². The Morgan fingerprint density at radius 2 is 1.87 bits per heavy atom. The summed E-state index contributed by atoms with van der Waals surface area (Å²) in [5.41, 5.74) is 3.44. The van der Waals surface area contributed by atoms with E-state index in [4.69, 9.17) is 9.47 Å². The zero-order valence-electron chi connectivity index (χ0n) is 13.2. The van der Waals surface area contributed by atoms with Crippen LogP contribution in [0.1, 0.15) is 22.7 Å². The molecule has 2 aromatic rings. The number of aliphatic hydroxyl groups is 1. The fourth-order valence-electron chi connectivity index (χ4n) is 3.07. The van der Waals surface area contributed by atoms with Crippen molar-refractivity contribution in [3.63, 3.8) is 0 Å². The van der Waals surface area contributed by atoms with E-state index in [2.05, 4.69) is 33.4 Å². The SMILES string of the molecule is COc1cc(Br)c(CN[C@@H]2c3ccccc3C[C@@H]2O)cc1OC. The van der Waals surface area contributed by atoms with Crippen LogP contribution in [-0.2, 0) is 13.0 Å². The summed E-state index contributed by atoms with van der Waals surface area (Å²) in [6.45, 7) is 0.622. The van der Waals surface area contributed by atoms with E-state index in [0.29, 0.717) is 24.5 Å². The van der Waals surface area contributed by atoms with Crippen LogP contribution in [0.3, 0.4) is 0 Å². The molecule has 1 aliphatic rings. The molecule has 0 fully saturated rings. The number of ether oxygens (including phenoxy) is 2. The van der Waals surface area contributed by atoms with Crippen LogP contribution in [0.5, 0.6) is 11.5 Å². The summed E-state index contributed by atoms with van der Waals surface area (Å²) >= 11 is 3.57. The molecule has 122 valence electrons. The van der Waals surface area contributed by atoms with E-state index in [0.717, 1.165) is 10.0 Å². The van der Waals surface area contributed by atoms with Crippen LogP contribution in [0.25, 0.3) is 0 Å². The first-order chi connectivity index (χ1) is 11.1. The molecule has 0 aromatic heterocycles. The first kappa shape index (κ1) is 16.3. The van der Waals surface area contributed by atoms with Crippen LogP contribution in [0.2, 0.25) is 0 Å². The van der Waals surface area contributed by atoms with Crippen molar-refractivity contribution in [1.29, 1.82) is 0 Å². The molecule has 0 unspecified atom stereocenters. The predicted molar refractivity (Wildman–Crippen MR) is 93.0 cm³/mol. The number of fused-ring (bicyclic) bond motifs is 1. The Kier molecular flexibility index (Phi) is 4.90. The number of benzene rings is 2. The van der Waals surface area contributed by atoms with E-state index in [1.807, 2.05) is 24.3 Å². The molecule has 0 spiro atoms. The molecule has 23 heavy (non-hydrogen) atoms. The fraction of sp³-hybridized carbons (Fsp3) is 0.333. The van der Waals surface area contributed by atoms with E-state index in [1.54, 1.807) is 14.2 Å². The largest absolute Gasteiger partial charge is 0.493 e. The Labute approximate surface area is 144 Å². The summed E-state index contributed by atoms with van der Waals surface area (Å²) in [5, 5.41) is 13.8. The second-order valence-corrected chi connectivity index (χ2v) is 6.48. The number of hydrogen-bond acceptors (Lipinski definition) is 4. The van der Waals surface area contributed by atoms with Gasteiger partial charge >= 0.3 is 0 Å². The normalized spacial score (nSPS) is 19.5. The monoisotopic (exact) mass is 377 g/mol. The van der Waals surface area contributed by atoms with Gasteiger partial charge in [0.1, 0.15) is 0 Å². The third kappa shape index (κ3) is 3.22. The zero-order valence-corrected chi connectivity index (χ0v) is 14.8. The molecule has 0 saturated carbocycles. The van der Waals surface area contributed by atoms with E-state index in [1.165, 1.54) is 11.1 Å². The maximum Gasteiger partial charge on any atom is 0.161 e. The second kappa shape index (κ2) is 6.91. The highest BCUT2D eigenvalue weighted by molar-refractivity contribution is 9.10. The van der Waals surface area contributed by atoms with Crippen molar-refractivity contribution in [2.24, 2.45) is 0 Å².